The molecule has 0 atom stereocenters. The van der Waals surface area contributed by atoms with Gasteiger partial charge in [-0.1, -0.05) is 0 Å². The summed E-state index contributed by atoms with van der Waals surface area (Å²) in [6.45, 7) is 1.65. The van der Waals surface area contributed by atoms with Crippen LogP contribution in [0.15, 0.2) is 16.7 Å². The minimum atomic E-state index is -1.53. The van der Waals surface area contributed by atoms with Crippen LogP contribution >= 0.6 is 0 Å². The van der Waals surface area contributed by atoms with Gasteiger partial charge in [0.15, 0.2) is 0 Å². The first-order valence-electron chi connectivity index (χ1n) is 2.85. The fourth-order valence-electron chi connectivity index (χ4n) is 0.523. The average molecular weight is 142 g/mol. The largest absolute Gasteiger partial charge is 0.491 e. The van der Waals surface area contributed by atoms with Crippen molar-refractivity contribution in [1.82, 2.24) is 0 Å². The second-order valence-electron chi connectivity index (χ2n) is 1.80. The van der Waals surface area contributed by atoms with E-state index in [4.69, 9.17) is 15.8 Å². The van der Waals surface area contributed by atoms with Gasteiger partial charge in [-0.3, -0.25) is 4.99 Å². The third kappa shape index (κ3) is 2.20. The van der Waals surface area contributed by atoms with Crippen LogP contribution in [0.5, 0.6) is 0 Å². The van der Waals surface area contributed by atoms with Gasteiger partial charge in [0.2, 0.25) is 0 Å². The summed E-state index contributed by atoms with van der Waals surface area (Å²) in [7, 11) is 0.0231. The molecule has 0 unspecified atom stereocenters. The lowest BCUT2D eigenvalue weighted by molar-refractivity contribution is 0.421. The zero-order valence-corrected chi connectivity index (χ0v) is 6.07. The van der Waals surface area contributed by atoms with Crippen LogP contribution in [0.2, 0.25) is 0 Å². The predicted molar refractivity (Wildman–Crippen MR) is 41.5 cm³/mol. The van der Waals surface area contributed by atoms with Crippen molar-refractivity contribution in [2.24, 2.45) is 10.7 Å². The van der Waals surface area contributed by atoms with Crippen LogP contribution in [-0.4, -0.2) is 29.9 Å². The van der Waals surface area contributed by atoms with Crippen LogP contribution in [0.1, 0.15) is 6.92 Å². The number of aliphatic imine (C=N–C) groups is 1. The summed E-state index contributed by atoms with van der Waals surface area (Å²) in [4.78, 5) is 3.73. The highest BCUT2D eigenvalue weighted by Crippen LogP contribution is 1.96. The number of nitrogens with zero attached hydrogens (tertiary/aromatic N) is 1. The standard InChI is InChI=1S/C5H11BN2O2/c1-4(8-2)5(3-7)6(9)10/h3,9-10H,7H2,1-2H3/b5-3+,8-4?. The van der Waals surface area contributed by atoms with Crippen molar-refractivity contribution in [3.8, 4) is 0 Å². The van der Waals surface area contributed by atoms with E-state index in [1.54, 1.807) is 14.0 Å². The highest BCUT2D eigenvalue weighted by Gasteiger charge is 2.15. The molecule has 4 N–H and O–H groups in total. The average Bonchev–Trinajstić information content (AvgIpc) is 1.88. The summed E-state index contributed by atoms with van der Waals surface area (Å²) >= 11 is 0. The highest BCUT2D eigenvalue weighted by molar-refractivity contribution is 6.59. The van der Waals surface area contributed by atoms with Crippen molar-refractivity contribution in [1.29, 1.82) is 0 Å². The molecule has 0 fully saturated rings. The third-order valence-electron chi connectivity index (χ3n) is 1.21. The van der Waals surface area contributed by atoms with Crippen molar-refractivity contribution in [2.75, 3.05) is 7.05 Å². The maximum Gasteiger partial charge on any atom is 0.491 e. The van der Waals surface area contributed by atoms with Gasteiger partial charge in [0.1, 0.15) is 0 Å². The summed E-state index contributed by atoms with van der Waals surface area (Å²) < 4.78 is 0. The number of allylic oxidation sites excluding steroid dienone is 1. The van der Waals surface area contributed by atoms with E-state index < -0.39 is 7.12 Å². The Morgan fingerprint density at radius 1 is 1.60 bits per heavy atom. The molecular formula is C5H11BN2O2. The Labute approximate surface area is 60.2 Å². The van der Waals surface area contributed by atoms with Gasteiger partial charge in [0, 0.05) is 18.2 Å². The molecule has 10 heavy (non-hydrogen) atoms. The minimum Gasteiger partial charge on any atom is -0.423 e. The third-order valence-corrected chi connectivity index (χ3v) is 1.21. The monoisotopic (exact) mass is 142 g/mol. The molecule has 0 rings (SSSR count). The molecule has 0 aliphatic heterocycles. The van der Waals surface area contributed by atoms with Crippen molar-refractivity contribution < 1.29 is 10.0 Å². The molecule has 0 aliphatic carbocycles. The van der Waals surface area contributed by atoms with E-state index in [0.717, 1.165) is 6.20 Å². The zero-order valence-electron chi connectivity index (χ0n) is 6.07. The minimum absolute atomic E-state index is 0.238. The van der Waals surface area contributed by atoms with Crippen molar-refractivity contribution in [2.45, 2.75) is 6.92 Å². The summed E-state index contributed by atoms with van der Waals surface area (Å²) in [5.74, 6) is 0. The molecule has 4 nitrogen and oxygen atoms in total. The van der Waals surface area contributed by atoms with E-state index in [2.05, 4.69) is 4.99 Å². The summed E-state index contributed by atoms with van der Waals surface area (Å²) in [6, 6.07) is 0. The van der Waals surface area contributed by atoms with E-state index in [9.17, 15) is 0 Å². The Morgan fingerprint density at radius 2 is 2.10 bits per heavy atom. The molecule has 5 heteroatoms. The molecule has 0 heterocycles. The van der Waals surface area contributed by atoms with Gasteiger partial charge in [-0.05, 0) is 13.1 Å². The lowest BCUT2D eigenvalue weighted by Gasteiger charge is -2.01. The maximum absolute atomic E-state index is 8.64. The zero-order chi connectivity index (χ0) is 8.15. The SMILES string of the molecule is CN=C(C)/C(=C\N)B(O)O. The molecule has 0 amide bonds. The van der Waals surface area contributed by atoms with Crippen LogP contribution in [0.25, 0.3) is 0 Å². The molecule has 0 aromatic heterocycles. The second-order valence-corrected chi connectivity index (χ2v) is 1.80. The van der Waals surface area contributed by atoms with Gasteiger partial charge >= 0.3 is 7.12 Å². The molecule has 0 bridgehead atoms. The van der Waals surface area contributed by atoms with E-state index in [0.29, 0.717) is 5.71 Å². The highest BCUT2D eigenvalue weighted by atomic mass is 16.4. The van der Waals surface area contributed by atoms with Crippen LogP contribution in [0.3, 0.4) is 0 Å². The fraction of sp³-hybridized carbons (Fsp3) is 0.400. The van der Waals surface area contributed by atoms with E-state index in [-0.39, 0.29) is 5.47 Å². The first-order chi connectivity index (χ1) is 4.63. The Hall–Kier alpha value is -0.805. The first kappa shape index (κ1) is 9.19. The smallest absolute Gasteiger partial charge is 0.423 e. The summed E-state index contributed by atoms with van der Waals surface area (Å²) in [5, 5.41) is 17.3. The predicted octanol–water partition coefficient (Wildman–Crippen LogP) is -1.07. The Kier molecular flexibility index (Phi) is 3.75. The van der Waals surface area contributed by atoms with Gasteiger partial charge in [-0.2, -0.15) is 0 Å². The number of nitrogens with two attached hydrogens (primary N) is 1. The summed E-state index contributed by atoms with van der Waals surface area (Å²) in [5.41, 5.74) is 5.85. The van der Waals surface area contributed by atoms with E-state index in [1.165, 1.54) is 0 Å². The topological polar surface area (TPSA) is 78.8 Å². The van der Waals surface area contributed by atoms with E-state index >= 15 is 0 Å². The van der Waals surface area contributed by atoms with Crippen LogP contribution < -0.4 is 5.73 Å². The lowest BCUT2D eigenvalue weighted by Crippen LogP contribution is -2.22. The van der Waals surface area contributed by atoms with Gasteiger partial charge in [0.05, 0.1) is 0 Å². The van der Waals surface area contributed by atoms with Crippen molar-refractivity contribution >= 4 is 12.8 Å². The lowest BCUT2D eigenvalue weighted by atomic mass is 9.77. The molecule has 0 aliphatic rings. The quantitative estimate of drug-likeness (QED) is 0.339. The molecular weight excluding hydrogens is 131 g/mol. The Bertz CT molecular complexity index is 165. The Morgan fingerprint density at radius 3 is 2.20 bits per heavy atom. The molecule has 0 spiro atoms. The molecule has 56 valence electrons. The Balaban J connectivity index is 4.39. The van der Waals surface area contributed by atoms with Crippen LogP contribution in [-0.2, 0) is 0 Å². The maximum atomic E-state index is 8.64. The van der Waals surface area contributed by atoms with Gasteiger partial charge in [-0.15, -0.1) is 0 Å². The normalized spacial score (nSPS) is 13.6. The first-order valence-corrected chi connectivity index (χ1v) is 2.85. The molecule has 0 saturated carbocycles. The number of hydrogen-bond donors (Lipinski definition) is 3. The summed E-state index contributed by atoms with van der Waals surface area (Å²) in [6.07, 6.45) is 1.13. The van der Waals surface area contributed by atoms with Crippen LogP contribution in [0.4, 0.5) is 0 Å². The van der Waals surface area contributed by atoms with Gasteiger partial charge < -0.3 is 15.8 Å². The van der Waals surface area contributed by atoms with Crippen molar-refractivity contribution in [3.63, 3.8) is 0 Å². The fourth-order valence-corrected chi connectivity index (χ4v) is 0.523. The second kappa shape index (κ2) is 4.08. The number of hydrogen-bond acceptors (Lipinski definition) is 4. The van der Waals surface area contributed by atoms with Gasteiger partial charge in [-0.25, -0.2) is 0 Å². The van der Waals surface area contributed by atoms with Crippen molar-refractivity contribution in [3.05, 3.63) is 11.7 Å². The van der Waals surface area contributed by atoms with Gasteiger partial charge in [0.25, 0.3) is 0 Å². The number of rotatable bonds is 2. The molecule has 0 radical (unpaired) electrons. The van der Waals surface area contributed by atoms with Crippen LogP contribution in [0, 0.1) is 0 Å². The molecule has 0 aromatic carbocycles. The van der Waals surface area contributed by atoms with E-state index in [1.807, 2.05) is 0 Å². The molecule has 0 saturated heterocycles. The molecule has 0 aromatic rings.